The van der Waals surface area contributed by atoms with Crippen molar-refractivity contribution in [2.45, 2.75) is 27.7 Å². The van der Waals surface area contributed by atoms with Gasteiger partial charge in [-0.1, -0.05) is 24.3 Å². The first-order valence-electron chi connectivity index (χ1n) is 7.76. The molecule has 4 nitrogen and oxygen atoms in total. The third kappa shape index (κ3) is 3.21. The van der Waals surface area contributed by atoms with Crippen LogP contribution in [-0.4, -0.2) is 10.2 Å². The van der Waals surface area contributed by atoms with Gasteiger partial charge in [0.05, 0.1) is 0 Å². The predicted molar refractivity (Wildman–Crippen MR) is 97.0 cm³/mol. The van der Waals surface area contributed by atoms with E-state index in [1.54, 1.807) is 0 Å². The summed E-state index contributed by atoms with van der Waals surface area (Å²) in [5.74, 6) is 1.66. The lowest BCUT2D eigenvalue weighted by atomic mass is 10.1. The Bertz CT molecular complexity index is 765. The first-order valence-corrected chi connectivity index (χ1v) is 7.76. The van der Waals surface area contributed by atoms with Crippen molar-refractivity contribution in [1.29, 1.82) is 0 Å². The maximum Gasteiger partial charge on any atom is 0.154 e. The van der Waals surface area contributed by atoms with Crippen molar-refractivity contribution in [3.05, 3.63) is 64.7 Å². The molecule has 3 aromatic rings. The average Bonchev–Trinajstić information content (AvgIpc) is 2.96. The molecule has 3 N–H and O–H groups in total. The number of aryl methyl sites for hydroxylation is 2. The van der Waals surface area contributed by atoms with Crippen molar-refractivity contribution < 1.29 is 0 Å². The molecule has 0 aliphatic heterocycles. The molecule has 0 amide bonds. The van der Waals surface area contributed by atoms with Gasteiger partial charge in [-0.2, -0.15) is 5.10 Å². The summed E-state index contributed by atoms with van der Waals surface area (Å²) in [4.78, 5) is 0. The smallest absolute Gasteiger partial charge is 0.154 e. The normalized spacial score (nSPS) is 10.6. The maximum absolute atomic E-state index is 4.33. The van der Waals surface area contributed by atoms with Gasteiger partial charge in [0, 0.05) is 17.4 Å². The van der Waals surface area contributed by atoms with Gasteiger partial charge < -0.3 is 10.6 Å². The van der Waals surface area contributed by atoms with Crippen LogP contribution < -0.4 is 10.6 Å². The number of benzene rings is 2. The first-order chi connectivity index (χ1) is 11.0. The van der Waals surface area contributed by atoms with Crippen LogP contribution in [0.3, 0.4) is 0 Å². The number of aromatic nitrogens is 2. The minimum absolute atomic E-state index is 0.798. The van der Waals surface area contributed by atoms with Crippen molar-refractivity contribution in [3.8, 4) is 0 Å². The minimum atomic E-state index is 0.798. The average molecular weight is 306 g/mol. The van der Waals surface area contributed by atoms with E-state index in [2.05, 4.69) is 78.9 Å². The molecule has 23 heavy (non-hydrogen) atoms. The molecular weight excluding hydrogens is 284 g/mol. The van der Waals surface area contributed by atoms with Crippen LogP contribution >= 0.6 is 0 Å². The van der Waals surface area contributed by atoms with Crippen molar-refractivity contribution in [3.63, 3.8) is 0 Å². The predicted octanol–water partition coefficient (Wildman–Crippen LogP) is 5.13. The third-order valence-electron chi connectivity index (χ3n) is 4.32. The number of hydrogen-bond acceptors (Lipinski definition) is 3. The van der Waals surface area contributed by atoms with Gasteiger partial charge in [-0.3, -0.25) is 5.10 Å². The summed E-state index contributed by atoms with van der Waals surface area (Å²) >= 11 is 0. The summed E-state index contributed by atoms with van der Waals surface area (Å²) < 4.78 is 0. The summed E-state index contributed by atoms with van der Waals surface area (Å²) in [7, 11) is 0. The highest BCUT2D eigenvalue weighted by Gasteiger charge is 2.06. The second-order valence-electron chi connectivity index (χ2n) is 5.91. The molecule has 3 rings (SSSR count). The van der Waals surface area contributed by atoms with Gasteiger partial charge in [-0.25, -0.2) is 0 Å². The Balaban J connectivity index is 1.78. The molecule has 0 fully saturated rings. The fourth-order valence-corrected chi connectivity index (χ4v) is 2.51. The summed E-state index contributed by atoms with van der Waals surface area (Å²) in [6.07, 6.45) is 0. The van der Waals surface area contributed by atoms with Crippen LogP contribution in [0.25, 0.3) is 0 Å². The minimum Gasteiger partial charge on any atom is -0.340 e. The fourth-order valence-electron chi connectivity index (χ4n) is 2.51. The molecule has 0 spiro atoms. The molecule has 4 heteroatoms. The van der Waals surface area contributed by atoms with Gasteiger partial charge in [-0.05, 0) is 62.1 Å². The molecule has 0 aliphatic carbocycles. The number of anilines is 4. The Morgan fingerprint density at radius 1 is 0.783 bits per heavy atom. The quantitative estimate of drug-likeness (QED) is 0.626. The standard InChI is InChI=1S/C19H22N4/c1-12-7-5-9-16(14(12)3)20-18-11-19(23-22-18)21-17-10-6-8-13(2)15(17)4/h5-11H,1-4H3,(H3,20,21,22,23). The molecule has 0 unspecified atom stereocenters. The number of hydrogen-bond donors (Lipinski definition) is 3. The van der Waals surface area contributed by atoms with Gasteiger partial charge in [-0.15, -0.1) is 0 Å². The lowest BCUT2D eigenvalue weighted by Crippen LogP contribution is -1.95. The molecule has 1 heterocycles. The van der Waals surface area contributed by atoms with E-state index in [1.807, 2.05) is 12.1 Å². The fraction of sp³-hybridized carbons (Fsp3) is 0.211. The molecule has 118 valence electrons. The summed E-state index contributed by atoms with van der Waals surface area (Å²) in [5, 5.41) is 14.1. The van der Waals surface area contributed by atoms with Gasteiger partial charge in [0.2, 0.25) is 0 Å². The maximum atomic E-state index is 4.33. The van der Waals surface area contributed by atoms with E-state index >= 15 is 0 Å². The van der Waals surface area contributed by atoms with E-state index in [1.165, 1.54) is 22.3 Å². The Morgan fingerprint density at radius 2 is 1.35 bits per heavy atom. The summed E-state index contributed by atoms with van der Waals surface area (Å²) in [5.41, 5.74) is 7.18. The molecule has 0 saturated carbocycles. The zero-order valence-corrected chi connectivity index (χ0v) is 14.0. The topological polar surface area (TPSA) is 52.7 Å². The van der Waals surface area contributed by atoms with Gasteiger partial charge in [0.25, 0.3) is 0 Å². The number of rotatable bonds is 4. The second-order valence-corrected chi connectivity index (χ2v) is 5.91. The van der Waals surface area contributed by atoms with Crippen molar-refractivity contribution in [2.75, 3.05) is 10.6 Å². The number of nitrogens with zero attached hydrogens (tertiary/aromatic N) is 1. The number of aromatic amines is 1. The van der Waals surface area contributed by atoms with Crippen LogP contribution in [0.4, 0.5) is 23.0 Å². The van der Waals surface area contributed by atoms with Gasteiger partial charge >= 0.3 is 0 Å². The van der Waals surface area contributed by atoms with Gasteiger partial charge in [0.1, 0.15) is 5.82 Å². The van der Waals surface area contributed by atoms with Crippen LogP contribution in [-0.2, 0) is 0 Å². The third-order valence-corrected chi connectivity index (χ3v) is 4.32. The van der Waals surface area contributed by atoms with E-state index in [0.29, 0.717) is 0 Å². The van der Waals surface area contributed by atoms with Gasteiger partial charge in [0.15, 0.2) is 5.82 Å². The van der Waals surface area contributed by atoms with E-state index in [0.717, 1.165) is 23.0 Å². The monoisotopic (exact) mass is 306 g/mol. The molecule has 0 bridgehead atoms. The van der Waals surface area contributed by atoms with E-state index in [-0.39, 0.29) is 0 Å². The largest absolute Gasteiger partial charge is 0.340 e. The van der Waals surface area contributed by atoms with E-state index in [9.17, 15) is 0 Å². The highest BCUT2D eigenvalue weighted by Crippen LogP contribution is 2.25. The molecule has 0 radical (unpaired) electrons. The Kier molecular flexibility index (Phi) is 4.06. The highest BCUT2D eigenvalue weighted by molar-refractivity contribution is 5.67. The van der Waals surface area contributed by atoms with Crippen molar-refractivity contribution in [2.24, 2.45) is 0 Å². The lowest BCUT2D eigenvalue weighted by Gasteiger charge is -2.09. The van der Waals surface area contributed by atoms with Crippen LogP contribution in [0, 0.1) is 27.7 Å². The van der Waals surface area contributed by atoms with Crippen molar-refractivity contribution >= 4 is 23.0 Å². The Morgan fingerprint density at radius 3 is 1.96 bits per heavy atom. The Hall–Kier alpha value is -2.75. The molecule has 1 aromatic heterocycles. The van der Waals surface area contributed by atoms with E-state index < -0.39 is 0 Å². The second kappa shape index (κ2) is 6.16. The summed E-state index contributed by atoms with van der Waals surface area (Å²) in [6, 6.07) is 14.4. The lowest BCUT2D eigenvalue weighted by molar-refractivity contribution is 1.09. The molecule has 0 saturated heterocycles. The Labute approximate surface area is 137 Å². The van der Waals surface area contributed by atoms with Crippen LogP contribution in [0.5, 0.6) is 0 Å². The SMILES string of the molecule is Cc1cccc(Nc2cc(Nc3cccc(C)c3C)[nH]n2)c1C. The molecule has 0 aliphatic rings. The van der Waals surface area contributed by atoms with E-state index in [4.69, 9.17) is 0 Å². The zero-order chi connectivity index (χ0) is 16.4. The van der Waals surface area contributed by atoms with Crippen LogP contribution in [0.2, 0.25) is 0 Å². The number of nitrogens with one attached hydrogen (secondary N) is 3. The van der Waals surface area contributed by atoms with Crippen molar-refractivity contribution in [1.82, 2.24) is 10.2 Å². The number of H-pyrrole nitrogens is 1. The van der Waals surface area contributed by atoms with Crippen LogP contribution in [0.15, 0.2) is 42.5 Å². The molecule has 0 atom stereocenters. The molecular formula is C19H22N4. The zero-order valence-electron chi connectivity index (χ0n) is 14.0. The highest BCUT2D eigenvalue weighted by atomic mass is 15.2. The molecule has 2 aromatic carbocycles. The van der Waals surface area contributed by atoms with Crippen LogP contribution in [0.1, 0.15) is 22.3 Å². The summed E-state index contributed by atoms with van der Waals surface area (Å²) in [6.45, 7) is 8.45. The first kappa shape index (κ1) is 15.2.